The Kier molecular flexibility index (Phi) is 5.43. The molecule has 0 aliphatic heterocycles. The van der Waals surface area contributed by atoms with E-state index in [0.29, 0.717) is 23.1 Å². The Balaban J connectivity index is 1.62. The van der Waals surface area contributed by atoms with Crippen LogP contribution in [-0.4, -0.2) is 16.1 Å². The fourth-order valence-corrected chi connectivity index (χ4v) is 2.45. The van der Waals surface area contributed by atoms with Crippen LogP contribution in [0.4, 0.5) is 15.9 Å². The molecule has 0 unspecified atom stereocenters. The number of amides is 1. The van der Waals surface area contributed by atoms with E-state index in [4.69, 9.17) is 11.6 Å². The van der Waals surface area contributed by atoms with E-state index in [1.54, 1.807) is 42.5 Å². The van der Waals surface area contributed by atoms with Gasteiger partial charge in [-0.3, -0.25) is 4.79 Å². The van der Waals surface area contributed by atoms with Gasteiger partial charge in [0.1, 0.15) is 11.6 Å². The van der Waals surface area contributed by atoms with Gasteiger partial charge in [-0.2, -0.15) is 0 Å². The van der Waals surface area contributed by atoms with Crippen molar-refractivity contribution in [3.8, 4) is 0 Å². The van der Waals surface area contributed by atoms with E-state index in [-0.39, 0.29) is 17.4 Å². The summed E-state index contributed by atoms with van der Waals surface area (Å²) in [6.07, 6.45) is 0. The topological polar surface area (TPSA) is 66.9 Å². The summed E-state index contributed by atoms with van der Waals surface area (Å²) in [5.74, 6) is -0.128. The number of hydrogen-bond donors (Lipinski definition) is 2. The van der Waals surface area contributed by atoms with Gasteiger partial charge in [0, 0.05) is 17.3 Å². The van der Waals surface area contributed by atoms with Gasteiger partial charge in [-0.05, 0) is 54.4 Å². The Morgan fingerprint density at radius 2 is 1.85 bits per heavy atom. The molecule has 0 atom stereocenters. The molecule has 0 fully saturated rings. The third-order valence-electron chi connectivity index (χ3n) is 3.80. The number of aromatic nitrogens is 2. The van der Waals surface area contributed by atoms with Crippen LogP contribution in [-0.2, 0) is 6.54 Å². The molecule has 1 amide bonds. The largest absolute Gasteiger partial charge is 0.365 e. The first kappa shape index (κ1) is 17.8. The van der Waals surface area contributed by atoms with Gasteiger partial charge in [0.25, 0.3) is 5.91 Å². The number of nitrogens with zero attached hydrogens (tertiary/aromatic N) is 2. The lowest BCUT2D eigenvalue weighted by Crippen LogP contribution is -2.15. The van der Waals surface area contributed by atoms with Crippen molar-refractivity contribution in [2.45, 2.75) is 13.5 Å². The molecule has 0 saturated carbocycles. The Bertz CT molecular complexity index is 914. The normalized spacial score (nSPS) is 10.4. The standard InChI is InChI=1S/C19H16ClFN4O/c1-12-15(20)3-2-4-16(12)23-19(26)17-9-10-18(25-24-17)22-11-13-5-7-14(21)8-6-13/h2-10H,11H2,1H3,(H,22,25)(H,23,26). The van der Waals surface area contributed by atoms with Crippen LogP contribution in [0.5, 0.6) is 0 Å². The van der Waals surface area contributed by atoms with Crippen LogP contribution in [0.15, 0.2) is 54.6 Å². The zero-order valence-electron chi connectivity index (χ0n) is 14.0. The van der Waals surface area contributed by atoms with Crippen molar-refractivity contribution in [1.82, 2.24) is 10.2 Å². The molecule has 1 heterocycles. The maximum atomic E-state index is 12.9. The fraction of sp³-hybridized carbons (Fsp3) is 0.105. The zero-order valence-corrected chi connectivity index (χ0v) is 14.7. The third-order valence-corrected chi connectivity index (χ3v) is 4.21. The molecule has 0 aliphatic carbocycles. The number of carbonyl (C=O) groups excluding carboxylic acids is 1. The monoisotopic (exact) mass is 370 g/mol. The van der Waals surface area contributed by atoms with Crippen LogP contribution in [0, 0.1) is 12.7 Å². The van der Waals surface area contributed by atoms with E-state index in [0.717, 1.165) is 11.1 Å². The van der Waals surface area contributed by atoms with Gasteiger partial charge in [0.2, 0.25) is 0 Å². The average Bonchev–Trinajstić information content (AvgIpc) is 2.65. The maximum Gasteiger partial charge on any atom is 0.276 e. The highest BCUT2D eigenvalue weighted by molar-refractivity contribution is 6.31. The fourth-order valence-electron chi connectivity index (χ4n) is 2.27. The van der Waals surface area contributed by atoms with Crippen LogP contribution >= 0.6 is 11.6 Å². The van der Waals surface area contributed by atoms with Gasteiger partial charge >= 0.3 is 0 Å². The molecule has 3 rings (SSSR count). The number of carbonyl (C=O) groups is 1. The molecule has 2 N–H and O–H groups in total. The van der Waals surface area contributed by atoms with Crippen LogP contribution in [0.25, 0.3) is 0 Å². The van der Waals surface area contributed by atoms with E-state index in [1.807, 2.05) is 6.92 Å². The van der Waals surface area contributed by atoms with Crippen molar-refractivity contribution < 1.29 is 9.18 Å². The van der Waals surface area contributed by atoms with Gasteiger partial charge in [-0.15, -0.1) is 10.2 Å². The van der Waals surface area contributed by atoms with Gasteiger partial charge in [-0.25, -0.2) is 4.39 Å². The summed E-state index contributed by atoms with van der Waals surface area (Å²) < 4.78 is 12.9. The first-order chi connectivity index (χ1) is 12.5. The minimum atomic E-state index is -0.368. The molecule has 0 bridgehead atoms. The molecule has 0 saturated heterocycles. The minimum absolute atomic E-state index is 0.191. The molecule has 3 aromatic rings. The molecule has 0 radical (unpaired) electrons. The minimum Gasteiger partial charge on any atom is -0.365 e. The molecule has 2 aromatic carbocycles. The molecule has 1 aromatic heterocycles. The Morgan fingerprint density at radius 1 is 1.08 bits per heavy atom. The lowest BCUT2D eigenvalue weighted by atomic mass is 10.2. The van der Waals surface area contributed by atoms with Crippen LogP contribution in [0.1, 0.15) is 21.6 Å². The second kappa shape index (κ2) is 7.93. The number of benzene rings is 2. The summed E-state index contributed by atoms with van der Waals surface area (Å²) in [4.78, 5) is 12.3. The Hall–Kier alpha value is -2.99. The second-order valence-electron chi connectivity index (χ2n) is 5.65. The number of rotatable bonds is 5. The number of anilines is 2. The molecule has 0 aliphatic rings. The van der Waals surface area contributed by atoms with Crippen molar-refractivity contribution in [1.29, 1.82) is 0 Å². The maximum absolute atomic E-state index is 12.9. The van der Waals surface area contributed by atoms with Crippen LogP contribution in [0.3, 0.4) is 0 Å². The highest BCUT2D eigenvalue weighted by Gasteiger charge is 2.11. The Morgan fingerprint density at radius 3 is 2.54 bits per heavy atom. The number of nitrogens with one attached hydrogen (secondary N) is 2. The first-order valence-electron chi connectivity index (χ1n) is 7.91. The number of halogens is 2. The predicted octanol–water partition coefficient (Wildman–Crippen LogP) is 4.44. The van der Waals surface area contributed by atoms with E-state index in [2.05, 4.69) is 20.8 Å². The number of hydrogen-bond acceptors (Lipinski definition) is 4. The molecule has 26 heavy (non-hydrogen) atoms. The van der Waals surface area contributed by atoms with E-state index in [9.17, 15) is 9.18 Å². The highest BCUT2D eigenvalue weighted by Crippen LogP contribution is 2.23. The van der Waals surface area contributed by atoms with Crippen LogP contribution < -0.4 is 10.6 Å². The summed E-state index contributed by atoms with van der Waals surface area (Å²) in [7, 11) is 0. The first-order valence-corrected chi connectivity index (χ1v) is 8.29. The zero-order chi connectivity index (χ0) is 18.5. The van der Waals surface area contributed by atoms with Gasteiger partial charge in [0.15, 0.2) is 5.69 Å². The smallest absolute Gasteiger partial charge is 0.276 e. The lowest BCUT2D eigenvalue weighted by molar-refractivity contribution is 0.102. The van der Waals surface area contributed by atoms with Gasteiger partial charge in [-0.1, -0.05) is 29.8 Å². The van der Waals surface area contributed by atoms with Crippen molar-refractivity contribution in [3.05, 3.63) is 82.3 Å². The van der Waals surface area contributed by atoms with Crippen molar-refractivity contribution >= 4 is 29.0 Å². The van der Waals surface area contributed by atoms with E-state index < -0.39 is 0 Å². The Labute approximate surface area is 155 Å². The SMILES string of the molecule is Cc1c(Cl)cccc1NC(=O)c1ccc(NCc2ccc(F)cc2)nn1. The van der Waals surface area contributed by atoms with Crippen molar-refractivity contribution in [2.75, 3.05) is 10.6 Å². The predicted molar refractivity (Wildman–Crippen MR) is 99.9 cm³/mol. The molecule has 132 valence electrons. The van der Waals surface area contributed by atoms with Gasteiger partial charge < -0.3 is 10.6 Å². The second-order valence-corrected chi connectivity index (χ2v) is 6.06. The average molecular weight is 371 g/mol. The summed E-state index contributed by atoms with van der Waals surface area (Å²) in [5.41, 5.74) is 2.51. The molecule has 5 nitrogen and oxygen atoms in total. The third kappa shape index (κ3) is 4.34. The van der Waals surface area contributed by atoms with Crippen LogP contribution in [0.2, 0.25) is 5.02 Å². The molecule has 7 heteroatoms. The summed E-state index contributed by atoms with van der Waals surface area (Å²) in [6.45, 7) is 2.30. The quantitative estimate of drug-likeness (QED) is 0.696. The van der Waals surface area contributed by atoms with E-state index in [1.165, 1.54) is 12.1 Å². The highest BCUT2D eigenvalue weighted by atomic mass is 35.5. The van der Waals surface area contributed by atoms with E-state index >= 15 is 0 Å². The van der Waals surface area contributed by atoms with Gasteiger partial charge in [0.05, 0.1) is 0 Å². The lowest BCUT2D eigenvalue weighted by Gasteiger charge is -2.09. The summed E-state index contributed by atoms with van der Waals surface area (Å²) in [5, 5.41) is 14.3. The summed E-state index contributed by atoms with van der Waals surface area (Å²) in [6, 6.07) is 14.7. The molecular weight excluding hydrogens is 355 g/mol. The molecular formula is C19H16ClFN4O. The van der Waals surface area contributed by atoms with Crippen molar-refractivity contribution in [2.24, 2.45) is 0 Å². The molecule has 0 spiro atoms. The van der Waals surface area contributed by atoms with Crippen molar-refractivity contribution in [3.63, 3.8) is 0 Å². The summed E-state index contributed by atoms with van der Waals surface area (Å²) >= 11 is 6.05.